The standard InChI is InChI=1S/C11H19N3O2/c1-3-5-6-7-8-14-9(4-2)10(11(15)16)12-13-14/h3-8H2,1-2H3,(H,15,16). The van der Waals surface area contributed by atoms with Gasteiger partial charge in [-0.2, -0.15) is 0 Å². The van der Waals surface area contributed by atoms with E-state index in [0.717, 1.165) is 25.1 Å². The number of rotatable bonds is 7. The molecular weight excluding hydrogens is 206 g/mol. The number of aromatic carboxylic acids is 1. The molecule has 1 aromatic rings. The molecule has 0 unspecified atom stereocenters. The lowest BCUT2D eigenvalue weighted by atomic mass is 10.2. The summed E-state index contributed by atoms with van der Waals surface area (Å²) in [6.45, 7) is 4.85. The SMILES string of the molecule is CCCCCCn1nnc(C(=O)O)c1CC. The number of hydrogen-bond donors (Lipinski definition) is 1. The molecule has 0 aliphatic rings. The zero-order valence-electron chi connectivity index (χ0n) is 9.94. The first-order valence-corrected chi connectivity index (χ1v) is 5.86. The average Bonchev–Trinajstić information content (AvgIpc) is 2.67. The van der Waals surface area contributed by atoms with Gasteiger partial charge in [-0.3, -0.25) is 0 Å². The lowest BCUT2D eigenvalue weighted by Gasteiger charge is -2.04. The van der Waals surface area contributed by atoms with Crippen molar-refractivity contribution in [2.45, 2.75) is 52.5 Å². The summed E-state index contributed by atoms with van der Waals surface area (Å²) in [5, 5.41) is 16.5. The van der Waals surface area contributed by atoms with Crippen LogP contribution in [0, 0.1) is 0 Å². The van der Waals surface area contributed by atoms with E-state index >= 15 is 0 Å². The summed E-state index contributed by atoms with van der Waals surface area (Å²) < 4.78 is 1.72. The molecule has 1 aromatic heterocycles. The van der Waals surface area contributed by atoms with Crippen LogP contribution in [0.1, 0.15) is 55.7 Å². The van der Waals surface area contributed by atoms with E-state index in [-0.39, 0.29) is 5.69 Å². The molecule has 0 amide bonds. The molecule has 16 heavy (non-hydrogen) atoms. The Morgan fingerprint density at radius 1 is 1.31 bits per heavy atom. The maximum atomic E-state index is 10.9. The molecule has 5 nitrogen and oxygen atoms in total. The highest BCUT2D eigenvalue weighted by Crippen LogP contribution is 2.09. The van der Waals surface area contributed by atoms with Crippen molar-refractivity contribution in [2.75, 3.05) is 0 Å². The summed E-state index contributed by atoms with van der Waals surface area (Å²) in [5.41, 5.74) is 0.821. The number of carbonyl (C=O) groups is 1. The molecule has 90 valence electrons. The molecule has 1 heterocycles. The molecule has 0 saturated heterocycles. The molecule has 0 spiro atoms. The maximum Gasteiger partial charge on any atom is 0.358 e. The van der Waals surface area contributed by atoms with E-state index in [0.29, 0.717) is 6.42 Å². The minimum absolute atomic E-state index is 0.0954. The Hall–Kier alpha value is -1.39. The van der Waals surface area contributed by atoms with E-state index in [1.807, 2.05) is 6.92 Å². The first kappa shape index (κ1) is 12.7. The molecule has 1 N–H and O–H groups in total. The average molecular weight is 225 g/mol. The number of hydrogen-bond acceptors (Lipinski definition) is 3. The van der Waals surface area contributed by atoms with Crippen LogP contribution in [0.5, 0.6) is 0 Å². The number of nitrogens with zero attached hydrogens (tertiary/aromatic N) is 3. The predicted molar refractivity (Wildman–Crippen MR) is 60.5 cm³/mol. The molecule has 1 rings (SSSR count). The summed E-state index contributed by atoms with van der Waals surface area (Å²) in [6, 6.07) is 0. The van der Waals surface area contributed by atoms with E-state index in [4.69, 9.17) is 5.11 Å². The van der Waals surface area contributed by atoms with Crippen molar-refractivity contribution in [3.8, 4) is 0 Å². The van der Waals surface area contributed by atoms with Gasteiger partial charge in [0.1, 0.15) is 0 Å². The Morgan fingerprint density at radius 3 is 2.62 bits per heavy atom. The van der Waals surface area contributed by atoms with E-state index in [9.17, 15) is 4.79 Å². The Kier molecular flexibility index (Phi) is 4.95. The van der Waals surface area contributed by atoms with Gasteiger partial charge in [0.2, 0.25) is 0 Å². The highest BCUT2D eigenvalue weighted by molar-refractivity contribution is 5.86. The third-order valence-corrected chi connectivity index (χ3v) is 2.60. The summed E-state index contributed by atoms with van der Waals surface area (Å²) in [6.07, 6.45) is 5.24. The van der Waals surface area contributed by atoms with Crippen LogP contribution in [0.25, 0.3) is 0 Å². The monoisotopic (exact) mass is 225 g/mol. The smallest absolute Gasteiger partial charge is 0.358 e. The molecule has 0 fully saturated rings. The fourth-order valence-electron chi connectivity index (χ4n) is 1.72. The zero-order chi connectivity index (χ0) is 12.0. The van der Waals surface area contributed by atoms with Crippen molar-refractivity contribution in [3.05, 3.63) is 11.4 Å². The van der Waals surface area contributed by atoms with Gasteiger partial charge in [-0.05, 0) is 12.8 Å². The number of carboxylic acid groups (broad SMARTS) is 1. The minimum atomic E-state index is -0.989. The van der Waals surface area contributed by atoms with Gasteiger partial charge in [-0.25, -0.2) is 9.48 Å². The van der Waals surface area contributed by atoms with E-state index in [1.165, 1.54) is 12.8 Å². The van der Waals surface area contributed by atoms with Crippen molar-refractivity contribution in [1.29, 1.82) is 0 Å². The summed E-state index contributed by atoms with van der Waals surface area (Å²) in [7, 11) is 0. The number of unbranched alkanes of at least 4 members (excludes halogenated alkanes) is 3. The molecular formula is C11H19N3O2. The van der Waals surface area contributed by atoms with E-state index in [2.05, 4.69) is 17.2 Å². The fraction of sp³-hybridized carbons (Fsp3) is 0.727. The van der Waals surface area contributed by atoms with Gasteiger partial charge in [0.25, 0.3) is 0 Å². The first-order chi connectivity index (χ1) is 7.70. The van der Waals surface area contributed by atoms with Gasteiger partial charge in [-0.15, -0.1) is 5.10 Å². The van der Waals surface area contributed by atoms with E-state index < -0.39 is 5.97 Å². The van der Waals surface area contributed by atoms with Crippen LogP contribution in [0.2, 0.25) is 0 Å². The quantitative estimate of drug-likeness (QED) is 0.722. The first-order valence-electron chi connectivity index (χ1n) is 5.86. The lowest BCUT2D eigenvalue weighted by molar-refractivity contribution is 0.0689. The third-order valence-electron chi connectivity index (χ3n) is 2.60. The highest BCUT2D eigenvalue weighted by atomic mass is 16.4. The van der Waals surface area contributed by atoms with Crippen LogP contribution in [0.4, 0.5) is 0 Å². The largest absolute Gasteiger partial charge is 0.476 e. The lowest BCUT2D eigenvalue weighted by Crippen LogP contribution is -2.07. The molecule has 0 bridgehead atoms. The van der Waals surface area contributed by atoms with Gasteiger partial charge in [0.05, 0.1) is 5.69 Å². The van der Waals surface area contributed by atoms with Crippen LogP contribution in [0.3, 0.4) is 0 Å². The van der Waals surface area contributed by atoms with Crippen molar-refractivity contribution in [1.82, 2.24) is 15.0 Å². The van der Waals surface area contributed by atoms with E-state index in [1.54, 1.807) is 4.68 Å². The normalized spacial score (nSPS) is 10.6. The molecule has 0 atom stereocenters. The van der Waals surface area contributed by atoms with Crippen molar-refractivity contribution >= 4 is 5.97 Å². The second kappa shape index (κ2) is 6.25. The predicted octanol–water partition coefficient (Wildman–Crippen LogP) is 2.12. The minimum Gasteiger partial charge on any atom is -0.476 e. The van der Waals surface area contributed by atoms with Crippen LogP contribution in [-0.2, 0) is 13.0 Å². The van der Waals surface area contributed by atoms with Gasteiger partial charge in [0.15, 0.2) is 5.69 Å². The van der Waals surface area contributed by atoms with Crippen LogP contribution < -0.4 is 0 Å². The summed E-state index contributed by atoms with van der Waals surface area (Å²) >= 11 is 0. The second-order valence-electron chi connectivity index (χ2n) is 3.83. The van der Waals surface area contributed by atoms with Gasteiger partial charge < -0.3 is 5.11 Å². The van der Waals surface area contributed by atoms with Gasteiger partial charge in [0, 0.05) is 6.54 Å². The zero-order valence-corrected chi connectivity index (χ0v) is 9.94. The molecule has 5 heteroatoms. The number of aromatic nitrogens is 3. The maximum absolute atomic E-state index is 10.9. The van der Waals surface area contributed by atoms with Crippen molar-refractivity contribution in [2.24, 2.45) is 0 Å². The Balaban J connectivity index is 2.62. The molecule has 0 saturated carbocycles. The highest BCUT2D eigenvalue weighted by Gasteiger charge is 2.16. The molecule has 0 aromatic carbocycles. The molecule has 0 radical (unpaired) electrons. The van der Waals surface area contributed by atoms with Gasteiger partial charge in [-0.1, -0.05) is 38.3 Å². The van der Waals surface area contributed by atoms with Crippen molar-refractivity contribution in [3.63, 3.8) is 0 Å². The molecule has 0 aliphatic carbocycles. The van der Waals surface area contributed by atoms with Crippen LogP contribution in [0.15, 0.2) is 0 Å². The molecule has 0 aliphatic heterocycles. The third kappa shape index (κ3) is 3.05. The number of aryl methyl sites for hydroxylation is 1. The second-order valence-corrected chi connectivity index (χ2v) is 3.83. The Morgan fingerprint density at radius 2 is 2.06 bits per heavy atom. The van der Waals surface area contributed by atoms with Crippen LogP contribution in [-0.4, -0.2) is 26.1 Å². The summed E-state index contributed by atoms with van der Waals surface area (Å²) in [4.78, 5) is 10.9. The van der Waals surface area contributed by atoms with Crippen LogP contribution >= 0.6 is 0 Å². The Bertz CT molecular complexity index is 347. The summed E-state index contributed by atoms with van der Waals surface area (Å²) in [5.74, 6) is -0.989. The Labute approximate surface area is 95.5 Å². The topological polar surface area (TPSA) is 68.0 Å². The van der Waals surface area contributed by atoms with Gasteiger partial charge >= 0.3 is 5.97 Å². The fourth-order valence-corrected chi connectivity index (χ4v) is 1.72. The van der Waals surface area contributed by atoms with Crippen molar-refractivity contribution < 1.29 is 9.90 Å². The number of carboxylic acids is 1.